The van der Waals surface area contributed by atoms with E-state index in [0.717, 1.165) is 19.4 Å². The van der Waals surface area contributed by atoms with Gasteiger partial charge in [0.25, 0.3) is 0 Å². The summed E-state index contributed by atoms with van der Waals surface area (Å²) in [6, 6.07) is -0.427. The third kappa shape index (κ3) is 4.16. The number of rotatable bonds is 3. The lowest BCUT2D eigenvalue weighted by molar-refractivity contribution is -0.136. The SMILES string of the molecule is CC[C@H](N)C(=O)N1CCCC(C(=O)NC)C1.Cl. The molecule has 1 saturated heterocycles. The van der Waals surface area contributed by atoms with Crippen LogP contribution in [0.25, 0.3) is 0 Å². The fourth-order valence-corrected chi connectivity index (χ4v) is 2.00. The molecule has 3 N–H and O–H groups in total. The number of nitrogens with two attached hydrogens (primary N) is 1. The number of halogens is 1. The van der Waals surface area contributed by atoms with Crippen molar-refractivity contribution in [3.63, 3.8) is 0 Å². The molecule has 1 aliphatic rings. The number of hydrogen-bond donors (Lipinski definition) is 2. The average molecular weight is 264 g/mol. The van der Waals surface area contributed by atoms with Gasteiger partial charge in [0.1, 0.15) is 0 Å². The van der Waals surface area contributed by atoms with E-state index in [1.165, 1.54) is 0 Å². The number of amides is 2. The Kier molecular flexibility index (Phi) is 7.15. The molecule has 6 heteroatoms. The van der Waals surface area contributed by atoms with Crippen molar-refractivity contribution in [1.29, 1.82) is 0 Å². The Bertz CT molecular complexity index is 273. The minimum Gasteiger partial charge on any atom is -0.359 e. The first-order valence-electron chi connectivity index (χ1n) is 5.86. The third-order valence-electron chi connectivity index (χ3n) is 3.11. The monoisotopic (exact) mass is 263 g/mol. The van der Waals surface area contributed by atoms with Crippen molar-refractivity contribution in [2.75, 3.05) is 20.1 Å². The summed E-state index contributed by atoms with van der Waals surface area (Å²) in [4.78, 5) is 25.1. The minimum atomic E-state index is -0.427. The normalized spacial score (nSPS) is 21.4. The van der Waals surface area contributed by atoms with Crippen molar-refractivity contribution in [2.45, 2.75) is 32.2 Å². The molecule has 1 fully saturated rings. The van der Waals surface area contributed by atoms with E-state index < -0.39 is 6.04 Å². The number of hydrogen-bond acceptors (Lipinski definition) is 3. The first-order chi connectivity index (χ1) is 7.60. The fraction of sp³-hybridized carbons (Fsp3) is 0.818. The molecule has 100 valence electrons. The maximum Gasteiger partial charge on any atom is 0.239 e. The molecule has 0 aromatic carbocycles. The zero-order valence-corrected chi connectivity index (χ0v) is 11.3. The maximum absolute atomic E-state index is 11.9. The van der Waals surface area contributed by atoms with Crippen LogP contribution in [-0.4, -0.2) is 42.9 Å². The molecule has 0 saturated carbocycles. The van der Waals surface area contributed by atoms with E-state index >= 15 is 0 Å². The number of nitrogens with zero attached hydrogens (tertiary/aromatic N) is 1. The molecule has 1 aliphatic heterocycles. The summed E-state index contributed by atoms with van der Waals surface area (Å²) in [5.41, 5.74) is 5.71. The lowest BCUT2D eigenvalue weighted by atomic mass is 9.96. The molecule has 0 aliphatic carbocycles. The smallest absolute Gasteiger partial charge is 0.239 e. The van der Waals surface area contributed by atoms with Crippen LogP contribution in [0.15, 0.2) is 0 Å². The van der Waals surface area contributed by atoms with Gasteiger partial charge in [-0.1, -0.05) is 6.92 Å². The molecule has 2 atom stereocenters. The highest BCUT2D eigenvalue weighted by atomic mass is 35.5. The van der Waals surface area contributed by atoms with Crippen molar-refractivity contribution in [1.82, 2.24) is 10.2 Å². The molecule has 0 aromatic heterocycles. The number of carbonyl (C=O) groups excluding carboxylic acids is 2. The van der Waals surface area contributed by atoms with Gasteiger partial charge in [0, 0.05) is 20.1 Å². The second kappa shape index (κ2) is 7.50. The lowest BCUT2D eigenvalue weighted by Gasteiger charge is -2.33. The highest BCUT2D eigenvalue weighted by Crippen LogP contribution is 2.17. The highest BCUT2D eigenvalue weighted by Gasteiger charge is 2.29. The second-order valence-electron chi connectivity index (χ2n) is 4.25. The molecule has 5 nitrogen and oxygen atoms in total. The van der Waals surface area contributed by atoms with Gasteiger partial charge < -0.3 is 16.0 Å². The van der Waals surface area contributed by atoms with Crippen LogP contribution in [0.4, 0.5) is 0 Å². The van der Waals surface area contributed by atoms with Gasteiger partial charge in [-0.3, -0.25) is 9.59 Å². The van der Waals surface area contributed by atoms with Crippen LogP contribution >= 0.6 is 12.4 Å². The van der Waals surface area contributed by atoms with E-state index in [0.29, 0.717) is 13.0 Å². The van der Waals surface area contributed by atoms with Gasteiger partial charge in [-0.15, -0.1) is 12.4 Å². The summed E-state index contributed by atoms with van der Waals surface area (Å²) in [7, 11) is 1.63. The molecule has 2 amide bonds. The van der Waals surface area contributed by atoms with Gasteiger partial charge >= 0.3 is 0 Å². The van der Waals surface area contributed by atoms with Crippen molar-refractivity contribution >= 4 is 24.2 Å². The van der Waals surface area contributed by atoms with Crippen LogP contribution < -0.4 is 11.1 Å². The van der Waals surface area contributed by atoms with E-state index in [1.54, 1.807) is 11.9 Å². The Balaban J connectivity index is 0.00000256. The molecule has 0 spiro atoms. The van der Waals surface area contributed by atoms with Gasteiger partial charge in [-0.25, -0.2) is 0 Å². The molecule has 0 aromatic rings. The second-order valence-corrected chi connectivity index (χ2v) is 4.25. The fourth-order valence-electron chi connectivity index (χ4n) is 2.00. The van der Waals surface area contributed by atoms with E-state index in [-0.39, 0.29) is 30.1 Å². The van der Waals surface area contributed by atoms with Crippen LogP contribution in [0.1, 0.15) is 26.2 Å². The van der Waals surface area contributed by atoms with Crippen LogP contribution in [-0.2, 0) is 9.59 Å². The Morgan fingerprint density at radius 3 is 2.71 bits per heavy atom. The summed E-state index contributed by atoms with van der Waals surface area (Å²) in [6.07, 6.45) is 2.37. The Morgan fingerprint density at radius 1 is 1.53 bits per heavy atom. The molecular weight excluding hydrogens is 242 g/mol. The molecule has 1 rings (SSSR count). The largest absolute Gasteiger partial charge is 0.359 e. The Morgan fingerprint density at radius 2 is 2.18 bits per heavy atom. The zero-order valence-electron chi connectivity index (χ0n) is 10.4. The number of nitrogens with one attached hydrogen (secondary N) is 1. The van der Waals surface area contributed by atoms with Gasteiger partial charge in [0.05, 0.1) is 12.0 Å². The van der Waals surface area contributed by atoms with E-state index in [4.69, 9.17) is 5.73 Å². The molecule has 17 heavy (non-hydrogen) atoms. The van der Waals surface area contributed by atoms with Gasteiger partial charge in [0.15, 0.2) is 0 Å². The molecule has 0 radical (unpaired) electrons. The standard InChI is InChI=1S/C11H21N3O2.ClH/c1-3-9(12)11(16)14-6-4-5-8(7-14)10(15)13-2;/h8-9H,3-7,12H2,1-2H3,(H,13,15);1H/t8?,9-;/m0./s1. The van der Waals surface area contributed by atoms with Crippen molar-refractivity contribution in [3.05, 3.63) is 0 Å². The van der Waals surface area contributed by atoms with Crippen LogP contribution in [0, 0.1) is 5.92 Å². The maximum atomic E-state index is 11.9. The van der Waals surface area contributed by atoms with Crippen LogP contribution in [0.3, 0.4) is 0 Å². The average Bonchev–Trinajstić information content (AvgIpc) is 2.36. The summed E-state index contributed by atoms with van der Waals surface area (Å²) in [5.74, 6) is -0.0922. The molecule has 0 bridgehead atoms. The Labute approximate surface area is 109 Å². The van der Waals surface area contributed by atoms with Crippen molar-refractivity contribution in [3.8, 4) is 0 Å². The first-order valence-corrected chi connectivity index (χ1v) is 5.86. The number of piperidine rings is 1. The van der Waals surface area contributed by atoms with Gasteiger partial charge in [-0.2, -0.15) is 0 Å². The van der Waals surface area contributed by atoms with Crippen molar-refractivity contribution < 1.29 is 9.59 Å². The summed E-state index contributed by atoms with van der Waals surface area (Å²) >= 11 is 0. The summed E-state index contributed by atoms with van der Waals surface area (Å²) in [5, 5.41) is 2.63. The minimum absolute atomic E-state index is 0. The third-order valence-corrected chi connectivity index (χ3v) is 3.11. The summed E-state index contributed by atoms with van der Waals surface area (Å²) < 4.78 is 0. The zero-order chi connectivity index (χ0) is 12.1. The molecular formula is C11H22ClN3O2. The number of carbonyl (C=O) groups is 2. The van der Waals surface area contributed by atoms with E-state index in [9.17, 15) is 9.59 Å². The number of likely N-dealkylation sites (tertiary alicyclic amines) is 1. The quantitative estimate of drug-likeness (QED) is 0.760. The van der Waals surface area contributed by atoms with Gasteiger partial charge in [-0.05, 0) is 19.3 Å². The highest BCUT2D eigenvalue weighted by molar-refractivity contribution is 5.85. The molecule has 1 unspecified atom stereocenters. The van der Waals surface area contributed by atoms with Crippen LogP contribution in [0.5, 0.6) is 0 Å². The molecule has 1 heterocycles. The topological polar surface area (TPSA) is 75.4 Å². The first kappa shape index (κ1) is 16.2. The lowest BCUT2D eigenvalue weighted by Crippen LogP contribution is -2.50. The van der Waals surface area contributed by atoms with Gasteiger partial charge in [0.2, 0.25) is 11.8 Å². The van der Waals surface area contributed by atoms with E-state index in [1.807, 2.05) is 6.92 Å². The Hall–Kier alpha value is -0.810. The summed E-state index contributed by atoms with van der Waals surface area (Å²) in [6.45, 7) is 3.12. The van der Waals surface area contributed by atoms with E-state index in [2.05, 4.69) is 5.32 Å². The van der Waals surface area contributed by atoms with Crippen LogP contribution in [0.2, 0.25) is 0 Å². The predicted molar refractivity (Wildman–Crippen MR) is 68.9 cm³/mol. The predicted octanol–water partition coefficient (Wildman–Crippen LogP) is 0.130. The van der Waals surface area contributed by atoms with Crippen molar-refractivity contribution in [2.24, 2.45) is 11.7 Å².